The summed E-state index contributed by atoms with van der Waals surface area (Å²) in [6, 6.07) is 13.8. The molecule has 0 aliphatic carbocycles. The third-order valence-electron chi connectivity index (χ3n) is 3.56. The molecule has 0 radical (unpaired) electrons. The van der Waals surface area contributed by atoms with Gasteiger partial charge in [-0.2, -0.15) is 5.10 Å². The maximum Gasteiger partial charge on any atom is 0.137 e. The molecule has 4 nitrogen and oxygen atoms in total. The maximum atomic E-state index is 6.19. The van der Waals surface area contributed by atoms with Gasteiger partial charge < -0.3 is 5.32 Å². The number of nitrogens with one attached hydrogen (secondary N) is 1. The Hall–Kier alpha value is -1.88. The second-order valence-corrected chi connectivity index (χ2v) is 6.04. The van der Waals surface area contributed by atoms with Gasteiger partial charge in [-0.3, -0.25) is 0 Å². The zero-order valence-corrected chi connectivity index (χ0v) is 13.9. The van der Waals surface area contributed by atoms with Crippen molar-refractivity contribution in [2.75, 3.05) is 0 Å². The van der Waals surface area contributed by atoms with Gasteiger partial charge in [-0.15, -0.1) is 0 Å². The topological polar surface area (TPSA) is 42.7 Å². The summed E-state index contributed by atoms with van der Waals surface area (Å²) < 4.78 is 1.81. The Morgan fingerprint density at radius 1 is 0.957 bits per heavy atom. The van der Waals surface area contributed by atoms with Gasteiger partial charge in [0.05, 0.1) is 6.54 Å². The predicted octanol–water partition coefficient (Wildman–Crippen LogP) is 3.92. The van der Waals surface area contributed by atoms with Gasteiger partial charge >= 0.3 is 0 Å². The molecule has 1 aromatic heterocycles. The summed E-state index contributed by atoms with van der Waals surface area (Å²) in [7, 11) is 0. The van der Waals surface area contributed by atoms with E-state index in [1.807, 2.05) is 28.9 Å². The molecule has 0 fully saturated rings. The van der Waals surface area contributed by atoms with Crippen LogP contribution in [-0.4, -0.2) is 14.8 Å². The summed E-state index contributed by atoms with van der Waals surface area (Å²) in [5, 5.41) is 8.91. The second-order valence-electron chi connectivity index (χ2n) is 5.20. The molecule has 3 rings (SSSR count). The van der Waals surface area contributed by atoms with Gasteiger partial charge in [0.15, 0.2) is 0 Å². The van der Waals surface area contributed by atoms with Crippen molar-refractivity contribution >= 4 is 23.2 Å². The van der Waals surface area contributed by atoms with Crippen molar-refractivity contribution in [3.05, 3.63) is 81.9 Å². The van der Waals surface area contributed by atoms with E-state index in [9.17, 15) is 0 Å². The highest BCUT2D eigenvalue weighted by atomic mass is 35.5. The first kappa shape index (κ1) is 16.0. The Kier molecular flexibility index (Phi) is 5.28. The third-order valence-corrected chi connectivity index (χ3v) is 4.15. The zero-order chi connectivity index (χ0) is 16.1. The fourth-order valence-electron chi connectivity index (χ4n) is 2.37. The van der Waals surface area contributed by atoms with Crippen molar-refractivity contribution in [2.24, 2.45) is 0 Å². The molecule has 0 aliphatic rings. The average molecular weight is 347 g/mol. The van der Waals surface area contributed by atoms with Gasteiger partial charge in [0, 0.05) is 23.1 Å². The smallest absolute Gasteiger partial charge is 0.137 e. The quantitative estimate of drug-likeness (QED) is 0.735. The molecule has 0 aliphatic heterocycles. The van der Waals surface area contributed by atoms with E-state index in [2.05, 4.69) is 27.5 Å². The summed E-state index contributed by atoms with van der Waals surface area (Å²) >= 11 is 12.1. The highest BCUT2D eigenvalue weighted by Crippen LogP contribution is 2.21. The molecule has 0 atom stereocenters. The van der Waals surface area contributed by atoms with Crippen LogP contribution < -0.4 is 5.32 Å². The SMILES string of the molecule is Clc1ccc(CNCc2ccccc2Cn2cncn2)c(Cl)c1. The highest BCUT2D eigenvalue weighted by Gasteiger charge is 2.05. The second kappa shape index (κ2) is 7.59. The van der Waals surface area contributed by atoms with Crippen LogP contribution in [0.3, 0.4) is 0 Å². The molecular weight excluding hydrogens is 331 g/mol. The summed E-state index contributed by atoms with van der Waals surface area (Å²) in [5.41, 5.74) is 3.48. The van der Waals surface area contributed by atoms with Crippen LogP contribution in [-0.2, 0) is 19.6 Å². The predicted molar refractivity (Wildman–Crippen MR) is 92.6 cm³/mol. The number of benzene rings is 2. The van der Waals surface area contributed by atoms with Gasteiger partial charge in [-0.1, -0.05) is 53.5 Å². The molecule has 0 saturated heterocycles. The maximum absolute atomic E-state index is 6.19. The largest absolute Gasteiger partial charge is 0.309 e. The summed E-state index contributed by atoms with van der Waals surface area (Å²) in [6.45, 7) is 2.15. The molecule has 2 aromatic carbocycles. The minimum absolute atomic E-state index is 0.650. The van der Waals surface area contributed by atoms with E-state index < -0.39 is 0 Å². The van der Waals surface area contributed by atoms with Crippen LogP contribution in [0.2, 0.25) is 10.0 Å². The number of aromatic nitrogens is 3. The van der Waals surface area contributed by atoms with Crippen molar-refractivity contribution in [1.29, 1.82) is 0 Å². The van der Waals surface area contributed by atoms with Crippen molar-refractivity contribution in [3.8, 4) is 0 Å². The Labute approximate surface area is 145 Å². The van der Waals surface area contributed by atoms with E-state index >= 15 is 0 Å². The Bertz CT molecular complexity index is 772. The zero-order valence-electron chi connectivity index (χ0n) is 12.4. The first-order valence-corrected chi connectivity index (χ1v) is 8.02. The first-order valence-electron chi connectivity index (χ1n) is 7.26. The van der Waals surface area contributed by atoms with E-state index in [0.29, 0.717) is 23.1 Å². The number of nitrogens with zero attached hydrogens (tertiary/aromatic N) is 3. The molecule has 3 aromatic rings. The molecule has 0 bridgehead atoms. The number of hydrogen-bond donors (Lipinski definition) is 1. The number of halogens is 2. The van der Waals surface area contributed by atoms with Crippen LogP contribution in [0.1, 0.15) is 16.7 Å². The van der Waals surface area contributed by atoms with Crippen LogP contribution in [0.4, 0.5) is 0 Å². The van der Waals surface area contributed by atoms with Crippen molar-refractivity contribution in [2.45, 2.75) is 19.6 Å². The fourth-order valence-corrected chi connectivity index (χ4v) is 2.85. The Morgan fingerprint density at radius 2 is 1.74 bits per heavy atom. The number of rotatable bonds is 6. The van der Waals surface area contributed by atoms with E-state index in [1.165, 1.54) is 11.1 Å². The fraction of sp³-hybridized carbons (Fsp3) is 0.176. The van der Waals surface area contributed by atoms with E-state index in [1.54, 1.807) is 18.7 Å². The van der Waals surface area contributed by atoms with Crippen molar-refractivity contribution in [3.63, 3.8) is 0 Å². The molecule has 1 heterocycles. The lowest BCUT2D eigenvalue weighted by Gasteiger charge is -2.11. The van der Waals surface area contributed by atoms with Crippen LogP contribution in [0.25, 0.3) is 0 Å². The highest BCUT2D eigenvalue weighted by molar-refractivity contribution is 6.35. The van der Waals surface area contributed by atoms with E-state index in [0.717, 1.165) is 12.1 Å². The lowest BCUT2D eigenvalue weighted by molar-refractivity contribution is 0.655. The lowest BCUT2D eigenvalue weighted by atomic mass is 10.1. The van der Waals surface area contributed by atoms with Gasteiger partial charge in [-0.25, -0.2) is 9.67 Å². The minimum Gasteiger partial charge on any atom is -0.309 e. The van der Waals surface area contributed by atoms with Crippen molar-refractivity contribution < 1.29 is 0 Å². The molecule has 118 valence electrons. The lowest BCUT2D eigenvalue weighted by Crippen LogP contribution is -2.15. The molecule has 6 heteroatoms. The average Bonchev–Trinajstić information content (AvgIpc) is 3.04. The summed E-state index contributed by atoms with van der Waals surface area (Å²) in [4.78, 5) is 3.98. The van der Waals surface area contributed by atoms with Gasteiger partial charge in [0.2, 0.25) is 0 Å². The van der Waals surface area contributed by atoms with Crippen LogP contribution in [0, 0.1) is 0 Å². The third kappa shape index (κ3) is 4.32. The molecule has 0 unspecified atom stereocenters. The molecule has 23 heavy (non-hydrogen) atoms. The summed E-state index contributed by atoms with van der Waals surface area (Å²) in [6.07, 6.45) is 3.26. The van der Waals surface area contributed by atoms with Gasteiger partial charge in [-0.05, 0) is 28.8 Å². The molecular formula is C17H16Cl2N4. The van der Waals surface area contributed by atoms with Crippen molar-refractivity contribution in [1.82, 2.24) is 20.1 Å². The first-order chi connectivity index (χ1) is 11.2. The standard InChI is InChI=1S/C17H16Cl2N4/c18-16-6-5-14(17(19)7-16)9-20-8-13-3-1-2-4-15(13)10-23-12-21-11-22-23/h1-7,11-12,20H,8-10H2. The van der Waals surface area contributed by atoms with Crippen LogP contribution >= 0.6 is 23.2 Å². The number of hydrogen-bond acceptors (Lipinski definition) is 3. The van der Waals surface area contributed by atoms with E-state index in [-0.39, 0.29) is 0 Å². The molecule has 1 N–H and O–H groups in total. The Balaban J connectivity index is 1.64. The minimum atomic E-state index is 0.650. The van der Waals surface area contributed by atoms with Gasteiger partial charge in [0.25, 0.3) is 0 Å². The molecule has 0 spiro atoms. The van der Waals surface area contributed by atoms with Crippen LogP contribution in [0.15, 0.2) is 55.1 Å². The summed E-state index contributed by atoms with van der Waals surface area (Å²) in [5.74, 6) is 0. The Morgan fingerprint density at radius 3 is 2.48 bits per heavy atom. The molecule has 0 amide bonds. The van der Waals surface area contributed by atoms with E-state index in [4.69, 9.17) is 23.2 Å². The monoisotopic (exact) mass is 346 g/mol. The normalized spacial score (nSPS) is 10.9. The van der Waals surface area contributed by atoms with Crippen LogP contribution in [0.5, 0.6) is 0 Å². The molecule has 0 saturated carbocycles. The van der Waals surface area contributed by atoms with Gasteiger partial charge in [0.1, 0.15) is 12.7 Å².